The first-order valence-corrected chi connectivity index (χ1v) is 9.66. The molecule has 0 aliphatic rings. The Morgan fingerprint density at radius 1 is 1.04 bits per heavy atom. The molecule has 6 heteroatoms. The van der Waals surface area contributed by atoms with Gasteiger partial charge in [-0.3, -0.25) is 9.40 Å². The zero-order valence-corrected chi connectivity index (χ0v) is 15.1. The Morgan fingerprint density at radius 2 is 1.76 bits per heavy atom. The van der Waals surface area contributed by atoms with Crippen LogP contribution in [-0.2, 0) is 23.0 Å². The van der Waals surface area contributed by atoms with Crippen LogP contribution in [0, 0.1) is 6.92 Å². The molecular formula is C19H21N3O2S. The van der Waals surface area contributed by atoms with Crippen LogP contribution >= 0.6 is 0 Å². The highest BCUT2D eigenvalue weighted by molar-refractivity contribution is 7.92. The highest BCUT2D eigenvalue weighted by Gasteiger charge is 2.15. The smallest absolute Gasteiger partial charge is 0.263 e. The number of anilines is 1. The maximum absolute atomic E-state index is 12.5. The molecule has 2 aromatic carbocycles. The third kappa shape index (κ3) is 4.09. The Balaban J connectivity index is 1.75. The molecule has 1 N–H and O–H groups in total. The van der Waals surface area contributed by atoms with Crippen molar-refractivity contribution in [3.05, 3.63) is 77.5 Å². The molecule has 0 saturated heterocycles. The van der Waals surface area contributed by atoms with Crippen LogP contribution in [-0.4, -0.2) is 18.2 Å². The molecule has 1 aromatic heterocycles. The van der Waals surface area contributed by atoms with Crippen LogP contribution in [0.2, 0.25) is 0 Å². The number of aryl methyl sites for hydroxylation is 2. The molecular weight excluding hydrogens is 334 g/mol. The molecule has 3 aromatic rings. The van der Waals surface area contributed by atoms with Gasteiger partial charge < -0.3 is 0 Å². The minimum absolute atomic E-state index is 0.234. The van der Waals surface area contributed by atoms with Gasteiger partial charge in [-0.1, -0.05) is 43.3 Å². The van der Waals surface area contributed by atoms with Gasteiger partial charge in [0.2, 0.25) is 0 Å². The maximum Gasteiger partial charge on any atom is 0.263 e. The number of rotatable bonds is 6. The average molecular weight is 355 g/mol. The normalized spacial score (nSPS) is 11.4. The minimum Gasteiger partial charge on any atom is -0.266 e. The lowest BCUT2D eigenvalue weighted by atomic mass is 10.1. The van der Waals surface area contributed by atoms with Crippen molar-refractivity contribution in [1.29, 1.82) is 0 Å². The summed E-state index contributed by atoms with van der Waals surface area (Å²) in [5.74, 6) is 0.313. The van der Waals surface area contributed by atoms with Crippen LogP contribution < -0.4 is 4.72 Å². The van der Waals surface area contributed by atoms with Crippen LogP contribution in [0.3, 0.4) is 0 Å². The van der Waals surface area contributed by atoms with Crippen molar-refractivity contribution in [1.82, 2.24) is 9.78 Å². The summed E-state index contributed by atoms with van der Waals surface area (Å²) in [6, 6.07) is 16.6. The van der Waals surface area contributed by atoms with Crippen molar-refractivity contribution in [3.8, 4) is 0 Å². The Morgan fingerprint density at radius 3 is 2.44 bits per heavy atom. The standard InChI is InChI=1S/C19H21N3O2S/c1-3-16-8-10-18(11-9-16)25(23,24)21-19-12-13-22(20-19)14-17-7-5-4-6-15(17)2/h4-13H,3,14H2,1-2H3,(H,20,21). The van der Waals surface area contributed by atoms with Crippen molar-refractivity contribution in [2.24, 2.45) is 0 Å². The SMILES string of the molecule is CCc1ccc(S(=O)(=O)Nc2ccn(Cc3ccccc3C)n2)cc1. The second kappa shape index (κ2) is 7.11. The first-order chi connectivity index (χ1) is 12.0. The molecule has 130 valence electrons. The second-order valence-corrected chi connectivity index (χ2v) is 7.61. The fraction of sp³-hybridized carbons (Fsp3) is 0.211. The van der Waals surface area contributed by atoms with Gasteiger partial charge in [-0.2, -0.15) is 5.10 Å². The van der Waals surface area contributed by atoms with Gasteiger partial charge >= 0.3 is 0 Å². The third-order valence-corrected chi connectivity index (χ3v) is 5.49. The lowest BCUT2D eigenvalue weighted by molar-refractivity contribution is 0.600. The number of nitrogens with zero attached hydrogens (tertiary/aromatic N) is 2. The number of hydrogen-bond donors (Lipinski definition) is 1. The summed E-state index contributed by atoms with van der Waals surface area (Å²) in [6.45, 7) is 4.67. The van der Waals surface area contributed by atoms with Gasteiger partial charge in [-0.15, -0.1) is 0 Å². The van der Waals surface area contributed by atoms with Crippen molar-refractivity contribution in [3.63, 3.8) is 0 Å². The number of hydrogen-bond acceptors (Lipinski definition) is 3. The highest BCUT2D eigenvalue weighted by Crippen LogP contribution is 2.16. The zero-order chi connectivity index (χ0) is 17.9. The average Bonchev–Trinajstić information content (AvgIpc) is 3.03. The minimum atomic E-state index is -3.63. The molecule has 0 aliphatic heterocycles. The van der Waals surface area contributed by atoms with Crippen molar-refractivity contribution >= 4 is 15.8 Å². The van der Waals surface area contributed by atoms with E-state index < -0.39 is 10.0 Å². The van der Waals surface area contributed by atoms with E-state index in [0.717, 1.165) is 17.5 Å². The summed E-state index contributed by atoms with van der Waals surface area (Å²) in [5.41, 5.74) is 3.42. The van der Waals surface area contributed by atoms with Crippen molar-refractivity contribution < 1.29 is 8.42 Å². The van der Waals surface area contributed by atoms with Crippen LogP contribution in [0.15, 0.2) is 65.7 Å². The van der Waals surface area contributed by atoms with E-state index in [1.54, 1.807) is 29.1 Å². The molecule has 0 unspecified atom stereocenters. The Kier molecular flexibility index (Phi) is 4.90. The van der Waals surface area contributed by atoms with Gasteiger partial charge in [0.25, 0.3) is 10.0 Å². The van der Waals surface area contributed by atoms with E-state index in [0.29, 0.717) is 12.4 Å². The van der Waals surface area contributed by atoms with E-state index in [9.17, 15) is 8.42 Å². The summed E-state index contributed by atoms with van der Waals surface area (Å²) in [5, 5.41) is 4.32. The predicted molar refractivity (Wildman–Crippen MR) is 99.1 cm³/mol. The van der Waals surface area contributed by atoms with Gasteiger partial charge in [-0.05, 0) is 42.2 Å². The first kappa shape index (κ1) is 17.2. The van der Waals surface area contributed by atoms with Crippen LogP contribution in [0.25, 0.3) is 0 Å². The molecule has 0 bridgehead atoms. The Labute approximate surface area is 148 Å². The molecule has 3 rings (SSSR count). The lowest BCUT2D eigenvalue weighted by Crippen LogP contribution is -2.14. The van der Waals surface area contributed by atoms with Crippen LogP contribution in [0.5, 0.6) is 0 Å². The third-order valence-electron chi connectivity index (χ3n) is 4.12. The van der Waals surface area contributed by atoms with E-state index in [4.69, 9.17) is 0 Å². The molecule has 0 fully saturated rings. The Hall–Kier alpha value is -2.60. The molecule has 0 aliphatic carbocycles. The lowest BCUT2D eigenvalue weighted by Gasteiger charge is -2.07. The topological polar surface area (TPSA) is 64.0 Å². The zero-order valence-electron chi connectivity index (χ0n) is 14.3. The summed E-state index contributed by atoms with van der Waals surface area (Å²) in [6.07, 6.45) is 2.64. The van der Waals surface area contributed by atoms with E-state index in [-0.39, 0.29) is 4.90 Å². The fourth-order valence-electron chi connectivity index (χ4n) is 2.57. The highest BCUT2D eigenvalue weighted by atomic mass is 32.2. The van der Waals surface area contributed by atoms with E-state index in [1.807, 2.05) is 50.2 Å². The Bertz CT molecular complexity index is 960. The summed E-state index contributed by atoms with van der Waals surface area (Å²) < 4.78 is 29.2. The molecule has 0 radical (unpaired) electrons. The summed E-state index contributed by atoms with van der Waals surface area (Å²) >= 11 is 0. The van der Waals surface area contributed by atoms with Gasteiger partial charge in [0.15, 0.2) is 5.82 Å². The maximum atomic E-state index is 12.5. The molecule has 0 amide bonds. The number of aromatic nitrogens is 2. The molecule has 1 heterocycles. The van der Waals surface area contributed by atoms with Crippen molar-refractivity contribution in [2.75, 3.05) is 4.72 Å². The van der Waals surface area contributed by atoms with Gasteiger partial charge in [0.1, 0.15) is 0 Å². The van der Waals surface area contributed by atoms with Gasteiger partial charge in [0.05, 0.1) is 11.4 Å². The first-order valence-electron chi connectivity index (χ1n) is 8.17. The summed E-state index contributed by atoms with van der Waals surface area (Å²) in [7, 11) is -3.63. The molecule has 0 spiro atoms. The van der Waals surface area contributed by atoms with Crippen LogP contribution in [0.4, 0.5) is 5.82 Å². The van der Waals surface area contributed by atoms with E-state index in [1.165, 1.54) is 5.56 Å². The number of benzene rings is 2. The number of sulfonamides is 1. The fourth-order valence-corrected chi connectivity index (χ4v) is 3.56. The summed E-state index contributed by atoms with van der Waals surface area (Å²) in [4.78, 5) is 0.234. The van der Waals surface area contributed by atoms with E-state index in [2.05, 4.69) is 9.82 Å². The molecule has 25 heavy (non-hydrogen) atoms. The van der Waals surface area contributed by atoms with Gasteiger partial charge in [0, 0.05) is 12.3 Å². The van der Waals surface area contributed by atoms with Gasteiger partial charge in [-0.25, -0.2) is 8.42 Å². The second-order valence-electron chi connectivity index (χ2n) is 5.93. The van der Waals surface area contributed by atoms with E-state index >= 15 is 0 Å². The number of nitrogens with one attached hydrogen (secondary N) is 1. The predicted octanol–water partition coefficient (Wildman–Crippen LogP) is 3.60. The molecule has 5 nitrogen and oxygen atoms in total. The quantitative estimate of drug-likeness (QED) is 0.735. The van der Waals surface area contributed by atoms with Crippen molar-refractivity contribution in [2.45, 2.75) is 31.7 Å². The van der Waals surface area contributed by atoms with Crippen LogP contribution in [0.1, 0.15) is 23.6 Å². The largest absolute Gasteiger partial charge is 0.266 e. The monoisotopic (exact) mass is 355 g/mol. The molecule has 0 saturated carbocycles. The molecule has 0 atom stereocenters.